The first-order chi connectivity index (χ1) is 9.16. The number of nitrogens with one attached hydrogen (secondary N) is 1. The molecule has 3 fully saturated rings. The molecule has 0 aromatic rings. The number of nitrogens with zero attached hydrogens (tertiary/aromatic N) is 1. The zero-order valence-corrected chi connectivity index (χ0v) is 11.9. The van der Waals surface area contributed by atoms with Crippen molar-refractivity contribution in [3.8, 4) is 0 Å². The van der Waals surface area contributed by atoms with E-state index in [9.17, 15) is 10.2 Å². The highest BCUT2D eigenvalue weighted by Crippen LogP contribution is 2.34. The van der Waals surface area contributed by atoms with Gasteiger partial charge in [-0.1, -0.05) is 6.42 Å². The van der Waals surface area contributed by atoms with Gasteiger partial charge in [0.05, 0.1) is 11.7 Å². The summed E-state index contributed by atoms with van der Waals surface area (Å²) in [4.78, 5) is 2.47. The molecule has 0 spiro atoms. The maximum atomic E-state index is 10.1. The second-order valence-corrected chi connectivity index (χ2v) is 6.82. The van der Waals surface area contributed by atoms with Crippen LogP contribution in [0.25, 0.3) is 0 Å². The smallest absolute Gasteiger partial charge is 0.0679 e. The van der Waals surface area contributed by atoms with Crippen LogP contribution in [0.2, 0.25) is 0 Å². The van der Waals surface area contributed by atoms with Gasteiger partial charge in [0.2, 0.25) is 0 Å². The SMILES string of the molecule is OC1CCN([C@H]2CCC[C@H]2NCCC2(O)CCC2)C1. The van der Waals surface area contributed by atoms with E-state index in [1.165, 1.54) is 25.7 Å². The molecule has 3 rings (SSSR count). The Morgan fingerprint density at radius 3 is 2.63 bits per heavy atom. The maximum absolute atomic E-state index is 10.1. The predicted octanol–water partition coefficient (Wildman–Crippen LogP) is 0.869. The Labute approximate surface area is 116 Å². The van der Waals surface area contributed by atoms with Crippen molar-refractivity contribution >= 4 is 0 Å². The molecular weight excluding hydrogens is 240 g/mol. The minimum absolute atomic E-state index is 0.114. The minimum Gasteiger partial charge on any atom is -0.392 e. The van der Waals surface area contributed by atoms with Crippen LogP contribution in [-0.4, -0.2) is 58.5 Å². The Morgan fingerprint density at radius 1 is 1.16 bits per heavy atom. The molecule has 3 aliphatic rings. The molecule has 19 heavy (non-hydrogen) atoms. The molecule has 110 valence electrons. The van der Waals surface area contributed by atoms with Crippen LogP contribution in [0.15, 0.2) is 0 Å². The lowest BCUT2D eigenvalue weighted by Gasteiger charge is -2.37. The molecule has 4 heteroatoms. The van der Waals surface area contributed by atoms with Crippen molar-refractivity contribution in [3.05, 3.63) is 0 Å². The first-order valence-corrected chi connectivity index (χ1v) is 8.04. The second-order valence-electron chi connectivity index (χ2n) is 6.82. The van der Waals surface area contributed by atoms with Gasteiger partial charge in [-0.05, 0) is 51.5 Å². The van der Waals surface area contributed by atoms with E-state index < -0.39 is 0 Å². The van der Waals surface area contributed by atoms with Crippen LogP contribution in [0.4, 0.5) is 0 Å². The normalized spacial score (nSPS) is 38.5. The summed E-state index contributed by atoms with van der Waals surface area (Å²) in [6.07, 6.45) is 8.68. The number of hydrogen-bond donors (Lipinski definition) is 3. The highest BCUT2D eigenvalue weighted by Gasteiger charge is 2.37. The lowest BCUT2D eigenvalue weighted by molar-refractivity contribution is -0.0401. The molecule has 3 N–H and O–H groups in total. The van der Waals surface area contributed by atoms with Gasteiger partial charge in [-0.25, -0.2) is 0 Å². The second kappa shape index (κ2) is 5.68. The highest BCUT2D eigenvalue weighted by atomic mass is 16.3. The van der Waals surface area contributed by atoms with E-state index in [1.54, 1.807) is 0 Å². The Kier molecular flexibility index (Phi) is 4.13. The van der Waals surface area contributed by atoms with E-state index in [4.69, 9.17) is 0 Å². The third-order valence-electron chi connectivity index (χ3n) is 5.42. The largest absolute Gasteiger partial charge is 0.392 e. The summed E-state index contributed by atoms with van der Waals surface area (Å²) in [6.45, 7) is 2.84. The zero-order valence-electron chi connectivity index (χ0n) is 11.9. The van der Waals surface area contributed by atoms with Crippen LogP contribution in [0.3, 0.4) is 0 Å². The van der Waals surface area contributed by atoms with Crippen LogP contribution >= 0.6 is 0 Å². The topological polar surface area (TPSA) is 55.7 Å². The van der Waals surface area contributed by atoms with Crippen molar-refractivity contribution in [1.29, 1.82) is 0 Å². The average Bonchev–Trinajstić information content (AvgIpc) is 2.95. The molecule has 3 atom stereocenters. The van der Waals surface area contributed by atoms with Crippen LogP contribution in [0, 0.1) is 0 Å². The Hall–Kier alpha value is -0.160. The fraction of sp³-hybridized carbons (Fsp3) is 1.00. The van der Waals surface area contributed by atoms with E-state index in [0.717, 1.165) is 45.3 Å². The van der Waals surface area contributed by atoms with Gasteiger partial charge in [0, 0.05) is 25.2 Å². The summed E-state index contributed by atoms with van der Waals surface area (Å²) in [5, 5.41) is 23.5. The third kappa shape index (κ3) is 3.13. The summed E-state index contributed by atoms with van der Waals surface area (Å²) >= 11 is 0. The monoisotopic (exact) mass is 268 g/mol. The lowest BCUT2D eigenvalue weighted by atomic mass is 9.78. The van der Waals surface area contributed by atoms with Crippen molar-refractivity contribution in [2.45, 2.75) is 75.2 Å². The molecule has 0 aromatic heterocycles. The van der Waals surface area contributed by atoms with Gasteiger partial charge in [-0.15, -0.1) is 0 Å². The van der Waals surface area contributed by atoms with E-state index in [1.807, 2.05) is 0 Å². The van der Waals surface area contributed by atoms with Gasteiger partial charge in [0.1, 0.15) is 0 Å². The molecule has 0 aromatic carbocycles. The van der Waals surface area contributed by atoms with Crippen LogP contribution in [-0.2, 0) is 0 Å². The van der Waals surface area contributed by atoms with Crippen LogP contribution in [0.5, 0.6) is 0 Å². The van der Waals surface area contributed by atoms with Crippen molar-refractivity contribution in [3.63, 3.8) is 0 Å². The lowest BCUT2D eigenvalue weighted by Crippen LogP contribution is -2.48. The number of aliphatic hydroxyl groups is 2. The van der Waals surface area contributed by atoms with E-state index in [-0.39, 0.29) is 11.7 Å². The number of β-amino-alcohol motifs (C(OH)–C–C–N with tert-alkyl or cyclic N) is 1. The molecule has 0 radical (unpaired) electrons. The minimum atomic E-state index is -0.356. The van der Waals surface area contributed by atoms with Gasteiger partial charge >= 0.3 is 0 Å². The van der Waals surface area contributed by atoms with Gasteiger partial charge in [-0.3, -0.25) is 4.90 Å². The van der Waals surface area contributed by atoms with E-state index in [2.05, 4.69) is 10.2 Å². The third-order valence-corrected chi connectivity index (χ3v) is 5.42. The summed E-state index contributed by atoms with van der Waals surface area (Å²) in [6, 6.07) is 1.17. The van der Waals surface area contributed by atoms with Crippen molar-refractivity contribution < 1.29 is 10.2 Å². The highest BCUT2D eigenvalue weighted by molar-refractivity contribution is 4.94. The van der Waals surface area contributed by atoms with Gasteiger partial charge in [-0.2, -0.15) is 0 Å². The number of likely N-dealkylation sites (tertiary alicyclic amines) is 1. The van der Waals surface area contributed by atoms with E-state index >= 15 is 0 Å². The summed E-state index contributed by atoms with van der Waals surface area (Å²) in [7, 11) is 0. The molecule has 1 unspecified atom stereocenters. The number of hydrogen-bond acceptors (Lipinski definition) is 4. The first kappa shape index (κ1) is 13.8. The van der Waals surface area contributed by atoms with Crippen LogP contribution in [0.1, 0.15) is 51.4 Å². The Morgan fingerprint density at radius 2 is 2.00 bits per heavy atom. The fourth-order valence-electron chi connectivity index (χ4n) is 4.01. The molecule has 2 aliphatic carbocycles. The van der Waals surface area contributed by atoms with Gasteiger partial charge in [0.25, 0.3) is 0 Å². The predicted molar refractivity (Wildman–Crippen MR) is 75.0 cm³/mol. The van der Waals surface area contributed by atoms with E-state index in [0.29, 0.717) is 12.1 Å². The van der Waals surface area contributed by atoms with Gasteiger partial charge < -0.3 is 15.5 Å². The van der Waals surface area contributed by atoms with Crippen molar-refractivity contribution in [1.82, 2.24) is 10.2 Å². The molecular formula is C15H28N2O2. The fourth-order valence-corrected chi connectivity index (χ4v) is 4.01. The molecule has 1 aliphatic heterocycles. The molecule has 0 amide bonds. The standard InChI is InChI=1S/C15H28N2O2/c18-12-5-10-17(11-12)14-4-1-3-13(14)16-9-8-15(19)6-2-7-15/h12-14,16,18-19H,1-11H2/t12?,13-,14+/m1/s1. The van der Waals surface area contributed by atoms with Crippen molar-refractivity contribution in [2.75, 3.05) is 19.6 Å². The summed E-state index contributed by atoms with van der Waals surface area (Å²) in [5.74, 6) is 0. The first-order valence-electron chi connectivity index (χ1n) is 8.04. The Balaban J connectivity index is 1.44. The summed E-state index contributed by atoms with van der Waals surface area (Å²) in [5.41, 5.74) is -0.356. The average molecular weight is 268 g/mol. The molecule has 2 saturated carbocycles. The molecule has 1 heterocycles. The summed E-state index contributed by atoms with van der Waals surface area (Å²) < 4.78 is 0. The number of rotatable bonds is 5. The maximum Gasteiger partial charge on any atom is 0.0679 e. The molecule has 1 saturated heterocycles. The van der Waals surface area contributed by atoms with Crippen LogP contribution < -0.4 is 5.32 Å². The molecule has 0 bridgehead atoms. The number of aliphatic hydroxyl groups excluding tert-OH is 1. The quantitative estimate of drug-likeness (QED) is 0.692. The molecule has 4 nitrogen and oxygen atoms in total. The van der Waals surface area contributed by atoms with Gasteiger partial charge in [0.15, 0.2) is 0 Å². The van der Waals surface area contributed by atoms with Crippen molar-refractivity contribution in [2.24, 2.45) is 0 Å². The zero-order chi connectivity index (χ0) is 13.3. The Bertz CT molecular complexity index is 307.